The smallest absolute Gasteiger partial charge is 0.137 e. The molecule has 5 heteroatoms. The molecule has 0 spiro atoms. The van der Waals surface area contributed by atoms with Crippen LogP contribution < -0.4 is 10.2 Å². The van der Waals surface area contributed by atoms with Gasteiger partial charge in [0.25, 0.3) is 0 Å². The van der Waals surface area contributed by atoms with Crippen molar-refractivity contribution in [3.63, 3.8) is 0 Å². The third-order valence-corrected chi connectivity index (χ3v) is 3.81. The molecule has 1 N–H and O–H groups in total. The SMILES string of the molecule is CCNc1ncnc(N(CCOC)C(CC)CC)c1CC. The Morgan fingerprint density at radius 3 is 2.43 bits per heavy atom. The molecule has 0 aromatic carbocycles. The van der Waals surface area contributed by atoms with Crippen molar-refractivity contribution in [2.24, 2.45) is 0 Å². The highest BCUT2D eigenvalue weighted by atomic mass is 16.5. The standard InChI is InChI=1S/C16H30N4O/c1-6-13(7-2)20(10-11-21-5)16-14(8-3)15(17-9-4)18-12-19-16/h12-13H,6-11H2,1-5H3,(H,17,18,19). The van der Waals surface area contributed by atoms with Crippen LogP contribution in [0.3, 0.4) is 0 Å². The van der Waals surface area contributed by atoms with Gasteiger partial charge in [-0.25, -0.2) is 9.97 Å². The van der Waals surface area contributed by atoms with Gasteiger partial charge in [0.1, 0.15) is 18.0 Å². The molecule has 5 nitrogen and oxygen atoms in total. The summed E-state index contributed by atoms with van der Waals surface area (Å²) in [7, 11) is 1.75. The molecule has 0 saturated carbocycles. The molecule has 1 aromatic heterocycles. The van der Waals surface area contributed by atoms with Crippen LogP contribution in [0.5, 0.6) is 0 Å². The van der Waals surface area contributed by atoms with Crippen LogP contribution in [0.15, 0.2) is 6.33 Å². The zero-order valence-corrected chi connectivity index (χ0v) is 14.1. The molecule has 0 unspecified atom stereocenters. The van der Waals surface area contributed by atoms with Crippen LogP contribution in [0.25, 0.3) is 0 Å². The van der Waals surface area contributed by atoms with E-state index in [1.54, 1.807) is 13.4 Å². The second-order valence-electron chi connectivity index (χ2n) is 5.06. The Labute approximate surface area is 129 Å². The number of nitrogens with one attached hydrogen (secondary N) is 1. The van der Waals surface area contributed by atoms with Gasteiger partial charge in [-0.2, -0.15) is 0 Å². The highest BCUT2D eigenvalue weighted by molar-refractivity contribution is 5.59. The molecule has 1 heterocycles. The van der Waals surface area contributed by atoms with Crippen molar-refractivity contribution >= 4 is 11.6 Å². The molecule has 0 aliphatic heterocycles. The molecule has 120 valence electrons. The first-order valence-corrected chi connectivity index (χ1v) is 8.06. The Hall–Kier alpha value is -1.36. The van der Waals surface area contributed by atoms with Gasteiger partial charge < -0.3 is 15.0 Å². The summed E-state index contributed by atoms with van der Waals surface area (Å²) in [5, 5.41) is 3.34. The van der Waals surface area contributed by atoms with Crippen molar-refractivity contribution in [3.8, 4) is 0 Å². The van der Waals surface area contributed by atoms with Gasteiger partial charge >= 0.3 is 0 Å². The molecule has 0 atom stereocenters. The van der Waals surface area contributed by atoms with Crippen LogP contribution in [0, 0.1) is 0 Å². The van der Waals surface area contributed by atoms with Crippen LogP contribution in [0.4, 0.5) is 11.6 Å². The van der Waals surface area contributed by atoms with Gasteiger partial charge in [0.2, 0.25) is 0 Å². The Kier molecular flexibility index (Phi) is 8.05. The van der Waals surface area contributed by atoms with E-state index in [4.69, 9.17) is 4.74 Å². The Morgan fingerprint density at radius 1 is 1.19 bits per heavy atom. The quantitative estimate of drug-likeness (QED) is 0.718. The van der Waals surface area contributed by atoms with Gasteiger partial charge in [-0.15, -0.1) is 0 Å². The average molecular weight is 294 g/mol. The molecule has 0 aliphatic carbocycles. The fourth-order valence-corrected chi connectivity index (χ4v) is 2.68. The van der Waals surface area contributed by atoms with Gasteiger partial charge in [0.15, 0.2) is 0 Å². The number of ether oxygens (including phenoxy) is 1. The van der Waals surface area contributed by atoms with E-state index in [1.807, 2.05) is 0 Å². The maximum Gasteiger partial charge on any atom is 0.137 e. The summed E-state index contributed by atoms with van der Waals surface area (Å²) < 4.78 is 5.28. The zero-order valence-electron chi connectivity index (χ0n) is 14.1. The highest BCUT2D eigenvalue weighted by Gasteiger charge is 2.21. The van der Waals surface area contributed by atoms with Crippen molar-refractivity contribution in [1.29, 1.82) is 0 Å². The van der Waals surface area contributed by atoms with E-state index in [0.29, 0.717) is 12.6 Å². The predicted molar refractivity (Wildman–Crippen MR) is 89.2 cm³/mol. The highest BCUT2D eigenvalue weighted by Crippen LogP contribution is 2.27. The summed E-state index contributed by atoms with van der Waals surface area (Å²) in [6, 6.07) is 0.481. The minimum atomic E-state index is 0.481. The predicted octanol–water partition coefficient (Wildman–Crippen LogP) is 3.11. The first kappa shape index (κ1) is 17.7. The molecule has 0 radical (unpaired) electrons. The number of hydrogen-bond acceptors (Lipinski definition) is 5. The summed E-state index contributed by atoms with van der Waals surface area (Å²) in [6.45, 7) is 11.1. The molecular formula is C16H30N4O. The maximum atomic E-state index is 5.28. The lowest BCUT2D eigenvalue weighted by molar-refractivity contribution is 0.202. The summed E-state index contributed by atoms with van der Waals surface area (Å²) in [5.41, 5.74) is 1.20. The monoisotopic (exact) mass is 294 g/mol. The molecular weight excluding hydrogens is 264 g/mol. The van der Waals surface area contributed by atoms with Gasteiger partial charge in [-0.3, -0.25) is 0 Å². The molecule has 0 bridgehead atoms. The number of methoxy groups -OCH3 is 1. The fourth-order valence-electron chi connectivity index (χ4n) is 2.68. The number of rotatable bonds is 10. The maximum absolute atomic E-state index is 5.28. The van der Waals surface area contributed by atoms with Crippen molar-refractivity contribution < 1.29 is 4.74 Å². The van der Waals surface area contributed by atoms with Crippen LogP contribution in [0.1, 0.15) is 46.1 Å². The van der Waals surface area contributed by atoms with E-state index in [9.17, 15) is 0 Å². The molecule has 21 heavy (non-hydrogen) atoms. The molecule has 0 aliphatic rings. The molecule has 1 rings (SSSR count). The molecule has 0 saturated heterocycles. The molecule has 0 fully saturated rings. The summed E-state index contributed by atoms with van der Waals surface area (Å²) in [5.74, 6) is 2.01. The lowest BCUT2D eigenvalue weighted by Gasteiger charge is -2.33. The minimum Gasteiger partial charge on any atom is -0.383 e. The zero-order chi connectivity index (χ0) is 15.7. The van der Waals surface area contributed by atoms with Crippen LogP contribution in [0.2, 0.25) is 0 Å². The van der Waals surface area contributed by atoms with Gasteiger partial charge in [0.05, 0.1) is 6.61 Å². The largest absolute Gasteiger partial charge is 0.383 e. The van der Waals surface area contributed by atoms with E-state index in [-0.39, 0.29) is 0 Å². The number of hydrogen-bond donors (Lipinski definition) is 1. The van der Waals surface area contributed by atoms with Crippen LogP contribution >= 0.6 is 0 Å². The Bertz CT molecular complexity index is 407. The third-order valence-electron chi connectivity index (χ3n) is 3.81. The number of aromatic nitrogens is 2. The van der Waals surface area contributed by atoms with Crippen molar-refractivity contribution in [2.75, 3.05) is 37.0 Å². The summed E-state index contributed by atoms with van der Waals surface area (Å²) in [4.78, 5) is 11.4. The van der Waals surface area contributed by atoms with E-state index in [1.165, 1.54) is 5.56 Å². The number of anilines is 2. The molecule has 0 amide bonds. The van der Waals surface area contributed by atoms with E-state index >= 15 is 0 Å². The van der Waals surface area contributed by atoms with Gasteiger partial charge in [0, 0.05) is 31.8 Å². The van der Waals surface area contributed by atoms with Gasteiger partial charge in [-0.05, 0) is 26.2 Å². The first-order valence-electron chi connectivity index (χ1n) is 8.06. The Morgan fingerprint density at radius 2 is 1.90 bits per heavy atom. The topological polar surface area (TPSA) is 50.3 Å². The lowest BCUT2D eigenvalue weighted by atomic mass is 10.1. The lowest BCUT2D eigenvalue weighted by Crippen LogP contribution is -2.38. The van der Waals surface area contributed by atoms with Gasteiger partial charge in [-0.1, -0.05) is 20.8 Å². The minimum absolute atomic E-state index is 0.481. The normalized spacial score (nSPS) is 11.0. The molecule has 1 aromatic rings. The van der Waals surface area contributed by atoms with Crippen molar-refractivity contribution in [2.45, 2.75) is 53.0 Å². The third kappa shape index (κ3) is 4.56. The fraction of sp³-hybridized carbons (Fsp3) is 0.750. The Balaban J connectivity index is 3.18. The van der Waals surface area contributed by atoms with Crippen LogP contribution in [-0.2, 0) is 11.2 Å². The van der Waals surface area contributed by atoms with E-state index < -0.39 is 0 Å². The number of nitrogens with zero attached hydrogens (tertiary/aromatic N) is 3. The second kappa shape index (κ2) is 9.55. The first-order chi connectivity index (χ1) is 10.2. The van der Waals surface area contributed by atoms with Crippen molar-refractivity contribution in [3.05, 3.63) is 11.9 Å². The van der Waals surface area contributed by atoms with E-state index in [0.717, 1.165) is 44.0 Å². The second-order valence-corrected chi connectivity index (χ2v) is 5.06. The summed E-state index contributed by atoms with van der Waals surface area (Å²) in [6.07, 6.45) is 4.78. The van der Waals surface area contributed by atoms with Crippen molar-refractivity contribution in [1.82, 2.24) is 9.97 Å². The summed E-state index contributed by atoms with van der Waals surface area (Å²) >= 11 is 0. The van der Waals surface area contributed by atoms with E-state index in [2.05, 4.69) is 47.9 Å². The van der Waals surface area contributed by atoms with Crippen LogP contribution in [-0.4, -0.2) is 42.8 Å². The average Bonchev–Trinajstić information content (AvgIpc) is 2.51.